The third kappa shape index (κ3) is 2.54. The number of nitrogens with zero attached hydrogens (tertiary/aromatic N) is 1. The second-order valence-corrected chi connectivity index (χ2v) is 6.44. The van der Waals surface area contributed by atoms with E-state index in [9.17, 15) is 4.79 Å². The van der Waals surface area contributed by atoms with Crippen molar-refractivity contribution in [2.24, 2.45) is 17.8 Å². The highest BCUT2D eigenvalue weighted by Crippen LogP contribution is 2.48. The first-order valence-corrected chi connectivity index (χ1v) is 7.97. The number of hydrogen-bond acceptors (Lipinski definition) is 4. The molecule has 0 unspecified atom stereocenters. The minimum atomic E-state index is -0.0588. The van der Waals surface area contributed by atoms with Crippen molar-refractivity contribution in [1.82, 2.24) is 5.16 Å². The molecular weight excluding hydrogens is 278 g/mol. The molecule has 114 valence electrons. The van der Waals surface area contributed by atoms with Crippen molar-refractivity contribution >= 4 is 5.97 Å². The van der Waals surface area contributed by atoms with Crippen LogP contribution >= 0.6 is 0 Å². The number of benzene rings is 1. The van der Waals surface area contributed by atoms with Crippen LogP contribution < -0.4 is 0 Å². The first kappa shape index (κ1) is 13.6. The molecule has 1 aromatic heterocycles. The zero-order valence-corrected chi connectivity index (χ0v) is 12.4. The minimum absolute atomic E-state index is 0.0588. The Bertz CT molecular complexity index is 664. The predicted molar refractivity (Wildman–Crippen MR) is 80.7 cm³/mol. The molecule has 0 amide bonds. The van der Waals surface area contributed by atoms with Crippen molar-refractivity contribution in [2.75, 3.05) is 0 Å². The van der Waals surface area contributed by atoms with E-state index in [4.69, 9.17) is 9.26 Å². The molecule has 4 rings (SSSR count). The Morgan fingerprint density at radius 2 is 2.09 bits per heavy atom. The molecule has 2 fully saturated rings. The molecule has 1 heterocycles. The number of fused-ring (bicyclic) bond motifs is 2. The van der Waals surface area contributed by atoms with Crippen LogP contribution in [0.5, 0.6) is 0 Å². The summed E-state index contributed by atoms with van der Waals surface area (Å²) in [5.74, 6) is 2.05. The summed E-state index contributed by atoms with van der Waals surface area (Å²) in [5.41, 5.74) is 1.64. The smallest absolute Gasteiger partial charge is 0.309 e. The van der Waals surface area contributed by atoms with E-state index in [1.54, 1.807) is 0 Å². The first-order chi connectivity index (χ1) is 10.8. The van der Waals surface area contributed by atoms with Crippen LogP contribution in [-0.4, -0.2) is 11.1 Å². The highest BCUT2D eigenvalue weighted by molar-refractivity contribution is 5.73. The van der Waals surface area contributed by atoms with Crippen molar-refractivity contribution in [1.29, 1.82) is 0 Å². The van der Waals surface area contributed by atoms with Gasteiger partial charge in [-0.2, -0.15) is 0 Å². The van der Waals surface area contributed by atoms with Crippen LogP contribution in [0.4, 0.5) is 0 Å². The number of rotatable bonds is 4. The molecule has 2 aliphatic rings. The Morgan fingerprint density at radius 1 is 1.23 bits per heavy atom. The van der Waals surface area contributed by atoms with E-state index in [2.05, 4.69) is 5.16 Å². The Morgan fingerprint density at radius 3 is 2.82 bits per heavy atom. The lowest BCUT2D eigenvalue weighted by Crippen LogP contribution is -2.23. The molecule has 2 aliphatic carbocycles. The van der Waals surface area contributed by atoms with Crippen molar-refractivity contribution < 1.29 is 14.1 Å². The molecule has 2 saturated carbocycles. The summed E-state index contributed by atoms with van der Waals surface area (Å²) in [4.78, 5) is 12.2. The van der Waals surface area contributed by atoms with Crippen LogP contribution in [0.1, 0.15) is 31.4 Å². The van der Waals surface area contributed by atoms with Crippen LogP contribution in [0.15, 0.2) is 40.9 Å². The molecule has 0 N–H and O–H groups in total. The lowest BCUT2D eigenvalue weighted by Gasteiger charge is -2.19. The van der Waals surface area contributed by atoms with Crippen molar-refractivity contribution in [3.63, 3.8) is 0 Å². The molecule has 0 saturated heterocycles. The number of carbonyl (C=O) groups excluding carboxylic acids is 1. The van der Waals surface area contributed by atoms with Crippen LogP contribution in [0.2, 0.25) is 0 Å². The van der Waals surface area contributed by atoms with Gasteiger partial charge in [0.2, 0.25) is 0 Å². The normalized spacial score (nSPS) is 26.3. The van der Waals surface area contributed by atoms with Crippen molar-refractivity contribution in [3.05, 3.63) is 42.1 Å². The fraction of sp³-hybridized carbons (Fsp3) is 0.444. The monoisotopic (exact) mass is 297 g/mol. The molecule has 22 heavy (non-hydrogen) atoms. The number of carbonyl (C=O) groups is 1. The third-order valence-electron chi connectivity index (χ3n) is 5.02. The Balaban J connectivity index is 1.36. The van der Waals surface area contributed by atoms with Crippen LogP contribution in [-0.2, 0) is 16.1 Å². The molecule has 2 bridgehead atoms. The summed E-state index contributed by atoms with van der Waals surface area (Å²) >= 11 is 0. The summed E-state index contributed by atoms with van der Waals surface area (Å²) in [6.07, 6.45) is 4.70. The second-order valence-electron chi connectivity index (χ2n) is 6.44. The van der Waals surface area contributed by atoms with Gasteiger partial charge in [0.25, 0.3) is 0 Å². The Hall–Kier alpha value is -2.10. The fourth-order valence-corrected chi connectivity index (χ4v) is 3.90. The van der Waals surface area contributed by atoms with Gasteiger partial charge >= 0.3 is 5.97 Å². The van der Waals surface area contributed by atoms with Gasteiger partial charge in [0.15, 0.2) is 5.76 Å². The maximum absolute atomic E-state index is 12.2. The number of aromatic nitrogens is 1. The summed E-state index contributed by atoms with van der Waals surface area (Å²) in [5, 5.41) is 3.99. The van der Waals surface area contributed by atoms with Gasteiger partial charge in [-0.05, 0) is 31.1 Å². The molecular formula is C18H19NO3. The second kappa shape index (κ2) is 5.59. The maximum atomic E-state index is 12.2. The molecule has 1 aromatic carbocycles. The molecule has 4 nitrogen and oxygen atoms in total. The average Bonchev–Trinajstić information content (AvgIpc) is 3.29. The van der Waals surface area contributed by atoms with Crippen molar-refractivity contribution in [2.45, 2.75) is 32.3 Å². The lowest BCUT2D eigenvalue weighted by molar-refractivity contribution is -0.151. The van der Waals surface area contributed by atoms with E-state index in [0.717, 1.165) is 17.9 Å². The van der Waals surface area contributed by atoms with Gasteiger partial charge in [-0.3, -0.25) is 4.79 Å². The fourth-order valence-electron chi connectivity index (χ4n) is 3.90. The van der Waals surface area contributed by atoms with Gasteiger partial charge < -0.3 is 9.26 Å². The topological polar surface area (TPSA) is 52.3 Å². The molecule has 0 spiro atoms. The Labute approximate surface area is 129 Å². The Kier molecular flexibility index (Phi) is 3.45. The van der Waals surface area contributed by atoms with E-state index in [0.29, 0.717) is 17.4 Å². The first-order valence-electron chi connectivity index (χ1n) is 7.97. The van der Waals surface area contributed by atoms with E-state index in [1.807, 2.05) is 36.4 Å². The average molecular weight is 297 g/mol. The van der Waals surface area contributed by atoms with E-state index in [-0.39, 0.29) is 18.5 Å². The highest BCUT2D eigenvalue weighted by Gasteiger charge is 2.43. The molecule has 0 aliphatic heterocycles. The zero-order valence-electron chi connectivity index (χ0n) is 12.4. The lowest BCUT2D eigenvalue weighted by atomic mass is 9.89. The van der Waals surface area contributed by atoms with Crippen LogP contribution in [0.25, 0.3) is 11.3 Å². The predicted octanol–water partition coefficient (Wildman–Crippen LogP) is 3.82. The van der Waals surface area contributed by atoms with E-state index >= 15 is 0 Å². The molecule has 3 atom stereocenters. The van der Waals surface area contributed by atoms with Crippen molar-refractivity contribution in [3.8, 4) is 11.3 Å². The standard InChI is InChI=1S/C18H19NO3/c20-18(16-9-12-6-7-14(16)8-12)21-11-15-10-17(22-19-15)13-4-2-1-3-5-13/h1-5,10,12,14,16H,6-9,11H2/t12-,14-,16-/m0/s1. The third-order valence-corrected chi connectivity index (χ3v) is 5.02. The summed E-state index contributed by atoms with van der Waals surface area (Å²) < 4.78 is 10.8. The van der Waals surface area contributed by atoms with Crippen LogP contribution in [0.3, 0.4) is 0 Å². The van der Waals surface area contributed by atoms with Gasteiger partial charge in [0, 0.05) is 11.6 Å². The molecule has 2 aromatic rings. The maximum Gasteiger partial charge on any atom is 0.309 e. The summed E-state index contributed by atoms with van der Waals surface area (Å²) in [7, 11) is 0. The number of ether oxygens (including phenoxy) is 1. The quantitative estimate of drug-likeness (QED) is 0.805. The SMILES string of the molecule is O=C(OCc1cc(-c2ccccc2)on1)[C@H]1C[C@H]2CC[C@H]1C2. The van der Waals surface area contributed by atoms with E-state index in [1.165, 1.54) is 19.3 Å². The van der Waals surface area contributed by atoms with Gasteiger partial charge in [-0.25, -0.2) is 0 Å². The van der Waals surface area contributed by atoms with Gasteiger partial charge in [-0.15, -0.1) is 0 Å². The molecule has 4 heteroatoms. The van der Waals surface area contributed by atoms with E-state index < -0.39 is 0 Å². The number of hydrogen-bond donors (Lipinski definition) is 0. The molecule has 0 radical (unpaired) electrons. The van der Waals surface area contributed by atoms with Gasteiger partial charge in [0.05, 0.1) is 5.92 Å². The summed E-state index contributed by atoms with van der Waals surface area (Å²) in [6, 6.07) is 11.6. The van der Waals surface area contributed by atoms with Gasteiger partial charge in [0.1, 0.15) is 12.3 Å². The summed E-state index contributed by atoms with van der Waals surface area (Å²) in [6.45, 7) is 0.197. The minimum Gasteiger partial charge on any atom is -0.459 e. The highest BCUT2D eigenvalue weighted by atomic mass is 16.5. The number of esters is 1. The zero-order chi connectivity index (χ0) is 14.9. The largest absolute Gasteiger partial charge is 0.459 e. The van der Waals surface area contributed by atoms with Gasteiger partial charge in [-0.1, -0.05) is 41.9 Å². The van der Waals surface area contributed by atoms with Crippen LogP contribution in [0, 0.1) is 17.8 Å².